The van der Waals surface area contributed by atoms with Crippen molar-refractivity contribution in [1.29, 1.82) is 0 Å². The van der Waals surface area contributed by atoms with Crippen LogP contribution >= 0.6 is 15.9 Å². The molecule has 3 rings (SSSR count). The van der Waals surface area contributed by atoms with E-state index in [0.29, 0.717) is 6.04 Å². The summed E-state index contributed by atoms with van der Waals surface area (Å²) >= 11 is 3.31. The number of piperidine rings is 1. The van der Waals surface area contributed by atoms with Crippen molar-refractivity contribution in [3.63, 3.8) is 0 Å². The van der Waals surface area contributed by atoms with Crippen LogP contribution in [0.4, 0.5) is 4.39 Å². The molecule has 0 aliphatic carbocycles. The third-order valence-electron chi connectivity index (χ3n) is 4.56. The lowest BCUT2D eigenvalue weighted by atomic mass is 10.1. The molecule has 2 aliphatic rings. The first-order valence-corrected chi connectivity index (χ1v) is 8.42. The van der Waals surface area contributed by atoms with E-state index in [1.54, 1.807) is 6.07 Å². The summed E-state index contributed by atoms with van der Waals surface area (Å²) < 4.78 is 14.7. The van der Waals surface area contributed by atoms with Gasteiger partial charge in [-0.1, -0.05) is 28.4 Å². The highest BCUT2D eigenvalue weighted by atomic mass is 79.9. The average molecular weight is 341 g/mol. The van der Waals surface area contributed by atoms with Crippen molar-refractivity contribution in [3.05, 3.63) is 34.1 Å². The van der Waals surface area contributed by atoms with Crippen molar-refractivity contribution in [1.82, 2.24) is 9.80 Å². The molecule has 0 saturated carbocycles. The summed E-state index contributed by atoms with van der Waals surface area (Å²) in [5, 5.41) is 0. The molecule has 2 heterocycles. The number of benzene rings is 1. The number of likely N-dealkylation sites (tertiary alicyclic amines) is 2. The number of rotatable bonds is 3. The first kappa shape index (κ1) is 14.5. The molecule has 0 radical (unpaired) electrons. The monoisotopic (exact) mass is 340 g/mol. The molecule has 1 atom stereocenters. The molecule has 110 valence electrons. The Morgan fingerprint density at radius 2 is 1.95 bits per heavy atom. The highest BCUT2D eigenvalue weighted by Crippen LogP contribution is 2.23. The fourth-order valence-electron chi connectivity index (χ4n) is 3.43. The first-order chi connectivity index (χ1) is 9.72. The predicted molar refractivity (Wildman–Crippen MR) is 83.2 cm³/mol. The van der Waals surface area contributed by atoms with Crippen molar-refractivity contribution in [2.45, 2.75) is 38.3 Å². The summed E-state index contributed by atoms with van der Waals surface area (Å²) in [5.74, 6) is -0.0965. The van der Waals surface area contributed by atoms with E-state index in [0.717, 1.165) is 29.7 Å². The van der Waals surface area contributed by atoms with Gasteiger partial charge in [0, 0.05) is 35.7 Å². The Bertz CT molecular complexity index is 460. The molecule has 20 heavy (non-hydrogen) atoms. The average Bonchev–Trinajstić information content (AvgIpc) is 2.92. The number of nitrogens with zero attached hydrogens (tertiary/aromatic N) is 2. The molecule has 0 bridgehead atoms. The van der Waals surface area contributed by atoms with Gasteiger partial charge in [-0.3, -0.25) is 9.80 Å². The summed E-state index contributed by atoms with van der Waals surface area (Å²) in [6, 6.07) is 6.08. The zero-order valence-electron chi connectivity index (χ0n) is 11.8. The molecule has 0 spiro atoms. The predicted octanol–water partition coefficient (Wildman–Crippen LogP) is 3.65. The van der Waals surface area contributed by atoms with Crippen LogP contribution in [-0.2, 0) is 6.54 Å². The fourth-order valence-corrected chi connectivity index (χ4v) is 3.76. The summed E-state index contributed by atoms with van der Waals surface area (Å²) in [7, 11) is 0. The Kier molecular flexibility index (Phi) is 4.74. The zero-order chi connectivity index (χ0) is 13.9. The van der Waals surface area contributed by atoms with Gasteiger partial charge in [-0.05, 0) is 44.5 Å². The van der Waals surface area contributed by atoms with Gasteiger partial charge in [0.05, 0.1) is 0 Å². The van der Waals surface area contributed by atoms with Crippen molar-refractivity contribution >= 4 is 15.9 Å². The number of halogens is 2. The molecule has 4 heteroatoms. The van der Waals surface area contributed by atoms with Crippen molar-refractivity contribution in [2.24, 2.45) is 0 Å². The Labute approximate surface area is 129 Å². The highest BCUT2D eigenvalue weighted by molar-refractivity contribution is 9.10. The van der Waals surface area contributed by atoms with E-state index >= 15 is 0 Å². The van der Waals surface area contributed by atoms with Gasteiger partial charge in [0.25, 0.3) is 0 Å². The topological polar surface area (TPSA) is 6.48 Å². The largest absolute Gasteiger partial charge is 0.299 e. The minimum Gasteiger partial charge on any atom is -0.299 e. The van der Waals surface area contributed by atoms with Crippen molar-refractivity contribution in [3.8, 4) is 0 Å². The van der Waals surface area contributed by atoms with Crippen LogP contribution in [0.3, 0.4) is 0 Å². The van der Waals surface area contributed by atoms with E-state index < -0.39 is 0 Å². The van der Waals surface area contributed by atoms with E-state index in [1.807, 2.05) is 12.1 Å². The lowest BCUT2D eigenvalue weighted by Crippen LogP contribution is -2.40. The maximum Gasteiger partial charge on any atom is 0.128 e. The maximum absolute atomic E-state index is 13.9. The second-order valence-corrected chi connectivity index (χ2v) is 6.93. The second kappa shape index (κ2) is 6.54. The van der Waals surface area contributed by atoms with Crippen LogP contribution in [0.15, 0.2) is 22.7 Å². The van der Waals surface area contributed by atoms with Gasteiger partial charge in [0.1, 0.15) is 5.82 Å². The van der Waals surface area contributed by atoms with E-state index in [1.165, 1.54) is 38.8 Å². The third kappa shape index (κ3) is 3.41. The van der Waals surface area contributed by atoms with Crippen LogP contribution in [0.5, 0.6) is 0 Å². The summed E-state index contributed by atoms with van der Waals surface area (Å²) in [6.45, 7) is 5.44. The molecule has 2 fully saturated rings. The molecule has 2 saturated heterocycles. The van der Waals surface area contributed by atoms with Gasteiger partial charge in [-0.25, -0.2) is 4.39 Å². The maximum atomic E-state index is 13.9. The molecule has 0 amide bonds. The normalized spacial score (nSPS) is 25.2. The van der Waals surface area contributed by atoms with Gasteiger partial charge >= 0.3 is 0 Å². The van der Waals surface area contributed by atoms with E-state index in [4.69, 9.17) is 0 Å². The van der Waals surface area contributed by atoms with Crippen LogP contribution in [0, 0.1) is 5.82 Å². The standard InChI is InChI=1S/C16H22BrFN2/c17-14-5-4-13(16(18)10-14)11-19-9-6-15(12-19)20-7-2-1-3-8-20/h4-5,10,15H,1-3,6-9,11-12H2. The summed E-state index contributed by atoms with van der Waals surface area (Å²) in [4.78, 5) is 5.03. The van der Waals surface area contributed by atoms with E-state index in [-0.39, 0.29) is 5.82 Å². The SMILES string of the molecule is Fc1cc(Br)ccc1CN1CCC(N2CCCCC2)C1. The van der Waals surface area contributed by atoms with Crippen LogP contribution < -0.4 is 0 Å². The van der Waals surface area contributed by atoms with Crippen molar-refractivity contribution < 1.29 is 4.39 Å². The van der Waals surface area contributed by atoms with Gasteiger partial charge in [0.2, 0.25) is 0 Å². The third-order valence-corrected chi connectivity index (χ3v) is 5.06. The zero-order valence-corrected chi connectivity index (χ0v) is 13.4. The Morgan fingerprint density at radius 3 is 2.70 bits per heavy atom. The molecular weight excluding hydrogens is 319 g/mol. The lowest BCUT2D eigenvalue weighted by molar-refractivity contribution is 0.161. The second-order valence-electron chi connectivity index (χ2n) is 6.01. The first-order valence-electron chi connectivity index (χ1n) is 7.63. The van der Waals surface area contributed by atoms with Gasteiger partial charge in [0.15, 0.2) is 0 Å². The molecular formula is C16H22BrFN2. The smallest absolute Gasteiger partial charge is 0.128 e. The quantitative estimate of drug-likeness (QED) is 0.828. The molecule has 2 aliphatic heterocycles. The Balaban J connectivity index is 1.57. The minimum absolute atomic E-state index is 0.0965. The molecule has 0 N–H and O–H groups in total. The van der Waals surface area contributed by atoms with E-state index in [9.17, 15) is 4.39 Å². The van der Waals surface area contributed by atoms with Crippen LogP contribution in [0.1, 0.15) is 31.2 Å². The summed E-state index contributed by atoms with van der Waals surface area (Å²) in [5.41, 5.74) is 0.812. The molecule has 2 nitrogen and oxygen atoms in total. The van der Waals surface area contributed by atoms with Crippen LogP contribution in [0.25, 0.3) is 0 Å². The van der Waals surface area contributed by atoms with Crippen LogP contribution in [0.2, 0.25) is 0 Å². The summed E-state index contributed by atoms with van der Waals surface area (Å²) in [6.07, 6.45) is 5.31. The highest BCUT2D eigenvalue weighted by Gasteiger charge is 2.28. The Morgan fingerprint density at radius 1 is 1.15 bits per heavy atom. The van der Waals surface area contributed by atoms with E-state index in [2.05, 4.69) is 25.7 Å². The molecule has 1 aromatic rings. The minimum atomic E-state index is -0.0965. The molecule has 1 aromatic carbocycles. The molecule has 1 unspecified atom stereocenters. The van der Waals surface area contributed by atoms with Gasteiger partial charge in [-0.2, -0.15) is 0 Å². The van der Waals surface area contributed by atoms with Gasteiger partial charge < -0.3 is 0 Å². The number of hydrogen-bond donors (Lipinski definition) is 0. The fraction of sp³-hybridized carbons (Fsp3) is 0.625. The van der Waals surface area contributed by atoms with Crippen molar-refractivity contribution in [2.75, 3.05) is 26.2 Å². The lowest BCUT2D eigenvalue weighted by Gasteiger charge is -2.32. The Hall–Kier alpha value is -0.450. The van der Waals surface area contributed by atoms with Gasteiger partial charge in [-0.15, -0.1) is 0 Å². The van der Waals surface area contributed by atoms with Crippen LogP contribution in [-0.4, -0.2) is 42.0 Å². The number of hydrogen-bond acceptors (Lipinski definition) is 2. The molecule has 0 aromatic heterocycles.